The Balaban J connectivity index is 2.65. The molecule has 0 aliphatic carbocycles. The van der Waals surface area contributed by atoms with Crippen LogP contribution in [0.5, 0.6) is 0 Å². The SMILES string of the molecule is CCC(CC)(CO)CNC(=O)Cn1cccc(C)c1=O. The highest BCUT2D eigenvalue weighted by molar-refractivity contribution is 5.75. The number of hydrogen-bond acceptors (Lipinski definition) is 3. The van der Waals surface area contributed by atoms with E-state index in [1.165, 1.54) is 4.57 Å². The van der Waals surface area contributed by atoms with Crippen molar-refractivity contribution in [2.45, 2.75) is 40.2 Å². The fourth-order valence-corrected chi connectivity index (χ4v) is 2.06. The number of aryl methyl sites for hydroxylation is 1. The number of carbonyl (C=O) groups is 1. The predicted molar refractivity (Wildman–Crippen MR) is 78.5 cm³/mol. The quantitative estimate of drug-likeness (QED) is 0.785. The van der Waals surface area contributed by atoms with E-state index in [-0.39, 0.29) is 30.0 Å². The molecule has 1 aromatic heterocycles. The lowest BCUT2D eigenvalue weighted by Crippen LogP contribution is -2.41. The molecule has 2 N–H and O–H groups in total. The van der Waals surface area contributed by atoms with Crippen molar-refractivity contribution in [3.05, 3.63) is 34.2 Å². The third-order valence-electron chi connectivity index (χ3n) is 4.02. The summed E-state index contributed by atoms with van der Waals surface area (Å²) in [6.07, 6.45) is 3.20. The number of pyridine rings is 1. The van der Waals surface area contributed by atoms with Crippen LogP contribution in [0.1, 0.15) is 32.3 Å². The highest BCUT2D eigenvalue weighted by Crippen LogP contribution is 2.24. The molecule has 1 amide bonds. The third kappa shape index (κ3) is 3.93. The molecule has 0 radical (unpaired) electrons. The Morgan fingerprint density at radius 3 is 2.60 bits per heavy atom. The maximum atomic E-state index is 11.9. The Kier molecular flexibility index (Phi) is 5.95. The summed E-state index contributed by atoms with van der Waals surface area (Å²) in [5, 5.41) is 12.3. The lowest BCUT2D eigenvalue weighted by molar-refractivity contribution is -0.122. The van der Waals surface area contributed by atoms with Gasteiger partial charge < -0.3 is 15.0 Å². The van der Waals surface area contributed by atoms with Crippen LogP contribution in [0.25, 0.3) is 0 Å². The third-order valence-corrected chi connectivity index (χ3v) is 4.02. The zero-order valence-electron chi connectivity index (χ0n) is 12.5. The Morgan fingerprint density at radius 1 is 1.40 bits per heavy atom. The number of aliphatic hydroxyl groups excluding tert-OH is 1. The van der Waals surface area contributed by atoms with Gasteiger partial charge in [0.2, 0.25) is 5.91 Å². The predicted octanol–water partition coefficient (Wildman–Crippen LogP) is 1.07. The van der Waals surface area contributed by atoms with Crippen molar-refractivity contribution in [2.75, 3.05) is 13.2 Å². The van der Waals surface area contributed by atoms with Crippen LogP contribution in [0.15, 0.2) is 23.1 Å². The van der Waals surface area contributed by atoms with Gasteiger partial charge in [0.15, 0.2) is 0 Å². The zero-order chi connectivity index (χ0) is 15.2. The van der Waals surface area contributed by atoms with Crippen molar-refractivity contribution in [1.29, 1.82) is 0 Å². The first kappa shape index (κ1) is 16.4. The van der Waals surface area contributed by atoms with Gasteiger partial charge in [-0.15, -0.1) is 0 Å². The molecule has 20 heavy (non-hydrogen) atoms. The van der Waals surface area contributed by atoms with Crippen LogP contribution >= 0.6 is 0 Å². The standard InChI is InChI=1S/C15H24N2O3/c1-4-15(5-2,11-18)10-16-13(19)9-17-8-6-7-12(3)14(17)20/h6-8,18H,4-5,9-11H2,1-3H3,(H,16,19). The molecule has 0 saturated carbocycles. The summed E-state index contributed by atoms with van der Waals surface area (Å²) in [4.78, 5) is 23.7. The summed E-state index contributed by atoms with van der Waals surface area (Å²) in [6.45, 7) is 6.20. The minimum Gasteiger partial charge on any atom is -0.396 e. The Hall–Kier alpha value is -1.62. The second-order valence-corrected chi connectivity index (χ2v) is 5.27. The molecular formula is C15H24N2O3. The lowest BCUT2D eigenvalue weighted by Gasteiger charge is -2.29. The molecule has 0 aromatic carbocycles. The highest BCUT2D eigenvalue weighted by atomic mass is 16.3. The maximum Gasteiger partial charge on any atom is 0.253 e. The minimum atomic E-state index is -0.271. The normalized spacial score (nSPS) is 11.4. The molecule has 0 aliphatic rings. The summed E-state index contributed by atoms with van der Waals surface area (Å²) >= 11 is 0. The Bertz CT molecular complexity index is 496. The van der Waals surface area contributed by atoms with Crippen LogP contribution in [0.2, 0.25) is 0 Å². The number of nitrogens with zero attached hydrogens (tertiary/aromatic N) is 1. The molecule has 0 spiro atoms. The van der Waals surface area contributed by atoms with Crippen molar-refractivity contribution < 1.29 is 9.90 Å². The summed E-state index contributed by atoms with van der Waals surface area (Å²) in [7, 11) is 0. The maximum absolute atomic E-state index is 11.9. The largest absolute Gasteiger partial charge is 0.396 e. The average Bonchev–Trinajstić information content (AvgIpc) is 2.46. The van der Waals surface area contributed by atoms with E-state index < -0.39 is 0 Å². The molecule has 5 heteroatoms. The van der Waals surface area contributed by atoms with Gasteiger partial charge in [-0.2, -0.15) is 0 Å². The van der Waals surface area contributed by atoms with E-state index in [9.17, 15) is 14.7 Å². The van der Waals surface area contributed by atoms with Crippen LogP contribution in [0.3, 0.4) is 0 Å². The number of hydrogen-bond donors (Lipinski definition) is 2. The first-order valence-electron chi connectivity index (χ1n) is 7.01. The molecule has 112 valence electrons. The van der Waals surface area contributed by atoms with E-state index in [0.29, 0.717) is 12.1 Å². The molecule has 1 rings (SSSR count). The summed E-state index contributed by atoms with van der Waals surface area (Å²) in [6, 6.07) is 3.47. The van der Waals surface area contributed by atoms with E-state index in [1.54, 1.807) is 25.3 Å². The van der Waals surface area contributed by atoms with Crippen molar-refractivity contribution in [1.82, 2.24) is 9.88 Å². The van der Waals surface area contributed by atoms with Gasteiger partial charge in [-0.1, -0.05) is 19.9 Å². The van der Waals surface area contributed by atoms with Gasteiger partial charge in [-0.25, -0.2) is 0 Å². The fourth-order valence-electron chi connectivity index (χ4n) is 2.06. The van der Waals surface area contributed by atoms with Crippen LogP contribution in [0, 0.1) is 12.3 Å². The summed E-state index contributed by atoms with van der Waals surface area (Å²) in [5.41, 5.74) is 0.196. The van der Waals surface area contributed by atoms with Gasteiger partial charge in [-0.3, -0.25) is 9.59 Å². The first-order valence-corrected chi connectivity index (χ1v) is 7.01. The van der Waals surface area contributed by atoms with Crippen molar-refractivity contribution >= 4 is 5.91 Å². The van der Waals surface area contributed by atoms with Crippen molar-refractivity contribution in [3.63, 3.8) is 0 Å². The molecular weight excluding hydrogens is 256 g/mol. The van der Waals surface area contributed by atoms with Crippen LogP contribution < -0.4 is 10.9 Å². The molecule has 0 fully saturated rings. The van der Waals surface area contributed by atoms with Crippen LogP contribution in [-0.4, -0.2) is 28.7 Å². The number of aromatic nitrogens is 1. The van der Waals surface area contributed by atoms with Gasteiger partial charge in [0, 0.05) is 23.7 Å². The van der Waals surface area contributed by atoms with Gasteiger partial charge >= 0.3 is 0 Å². The van der Waals surface area contributed by atoms with E-state index in [2.05, 4.69) is 5.32 Å². The van der Waals surface area contributed by atoms with Crippen molar-refractivity contribution in [3.8, 4) is 0 Å². The topological polar surface area (TPSA) is 71.3 Å². The number of rotatable bonds is 7. The van der Waals surface area contributed by atoms with E-state index >= 15 is 0 Å². The number of aliphatic hydroxyl groups is 1. The molecule has 0 unspecified atom stereocenters. The second kappa shape index (κ2) is 7.24. The number of carbonyl (C=O) groups excluding carboxylic acids is 1. The summed E-state index contributed by atoms with van der Waals surface area (Å²) < 4.78 is 1.39. The summed E-state index contributed by atoms with van der Waals surface area (Å²) in [5.74, 6) is -0.211. The van der Waals surface area contributed by atoms with Crippen LogP contribution in [0.4, 0.5) is 0 Å². The monoisotopic (exact) mass is 280 g/mol. The lowest BCUT2D eigenvalue weighted by atomic mass is 9.83. The fraction of sp³-hybridized carbons (Fsp3) is 0.600. The molecule has 5 nitrogen and oxygen atoms in total. The van der Waals surface area contributed by atoms with Crippen molar-refractivity contribution in [2.24, 2.45) is 5.41 Å². The van der Waals surface area contributed by atoms with E-state index in [4.69, 9.17) is 0 Å². The highest BCUT2D eigenvalue weighted by Gasteiger charge is 2.25. The van der Waals surface area contributed by atoms with Gasteiger partial charge in [0.05, 0.1) is 6.61 Å². The minimum absolute atomic E-state index is 0.00938. The smallest absolute Gasteiger partial charge is 0.253 e. The molecule has 0 bridgehead atoms. The number of amides is 1. The second-order valence-electron chi connectivity index (χ2n) is 5.27. The average molecular weight is 280 g/mol. The number of nitrogens with one attached hydrogen (secondary N) is 1. The molecule has 0 aliphatic heterocycles. The Morgan fingerprint density at radius 2 is 2.05 bits per heavy atom. The zero-order valence-corrected chi connectivity index (χ0v) is 12.5. The molecule has 0 atom stereocenters. The van der Waals surface area contributed by atoms with E-state index in [0.717, 1.165) is 12.8 Å². The Labute approximate surface area is 119 Å². The molecule has 1 aromatic rings. The van der Waals surface area contributed by atoms with Gasteiger partial charge in [0.25, 0.3) is 5.56 Å². The molecule has 0 saturated heterocycles. The first-order chi connectivity index (χ1) is 9.48. The van der Waals surface area contributed by atoms with Gasteiger partial charge in [0.1, 0.15) is 6.54 Å². The van der Waals surface area contributed by atoms with Crippen LogP contribution in [-0.2, 0) is 11.3 Å². The molecule has 1 heterocycles. The van der Waals surface area contributed by atoms with Gasteiger partial charge in [-0.05, 0) is 25.8 Å². The van der Waals surface area contributed by atoms with E-state index in [1.807, 2.05) is 13.8 Å².